The fraction of sp³-hybridized carbons (Fsp3) is 0.375. The van der Waals surface area contributed by atoms with Crippen LogP contribution in [0.1, 0.15) is 16.8 Å². The molecule has 1 aromatic heterocycles. The molecule has 0 spiro atoms. The van der Waals surface area contributed by atoms with Gasteiger partial charge in [-0.05, 0) is 50.3 Å². The van der Waals surface area contributed by atoms with Gasteiger partial charge in [0.15, 0.2) is 0 Å². The van der Waals surface area contributed by atoms with Crippen LogP contribution in [0.3, 0.4) is 0 Å². The van der Waals surface area contributed by atoms with Gasteiger partial charge in [0.2, 0.25) is 0 Å². The first kappa shape index (κ1) is 13.8. The summed E-state index contributed by atoms with van der Waals surface area (Å²) in [5.74, 6) is 0.123. The van der Waals surface area contributed by atoms with E-state index in [0.717, 1.165) is 43.9 Å². The molecule has 0 N–H and O–H groups in total. The van der Waals surface area contributed by atoms with Crippen molar-refractivity contribution >= 4 is 5.91 Å². The van der Waals surface area contributed by atoms with Crippen molar-refractivity contribution in [2.24, 2.45) is 0 Å². The van der Waals surface area contributed by atoms with E-state index in [0.29, 0.717) is 0 Å². The van der Waals surface area contributed by atoms with Gasteiger partial charge in [0.25, 0.3) is 5.91 Å². The third-order valence-corrected chi connectivity index (χ3v) is 3.89. The smallest absolute Gasteiger partial charge is 0.253 e. The number of amides is 1. The summed E-state index contributed by atoms with van der Waals surface area (Å²) in [6.45, 7) is 3.64. The van der Waals surface area contributed by atoms with Crippen LogP contribution >= 0.6 is 0 Å². The Morgan fingerprint density at radius 2 is 1.90 bits per heavy atom. The molecule has 2 heterocycles. The highest BCUT2D eigenvalue weighted by Crippen LogP contribution is 2.12. The first-order valence-corrected chi connectivity index (χ1v) is 7.32. The molecule has 0 atom stereocenters. The van der Waals surface area contributed by atoms with E-state index in [1.165, 1.54) is 0 Å². The molecule has 0 unspecified atom stereocenters. The number of carbonyl (C=O) groups is 1. The molecular weight excluding hydrogens is 264 g/mol. The predicted octanol–water partition coefficient (Wildman–Crippen LogP) is 1.65. The lowest BCUT2D eigenvalue weighted by molar-refractivity contribution is 0.0763. The molecular formula is C16H20N4O. The van der Waals surface area contributed by atoms with Gasteiger partial charge in [0, 0.05) is 37.6 Å². The van der Waals surface area contributed by atoms with Crippen LogP contribution < -0.4 is 0 Å². The third-order valence-electron chi connectivity index (χ3n) is 3.89. The van der Waals surface area contributed by atoms with Crippen LogP contribution in [0.5, 0.6) is 0 Å². The summed E-state index contributed by atoms with van der Waals surface area (Å²) in [6, 6.07) is 9.52. The van der Waals surface area contributed by atoms with Crippen molar-refractivity contribution in [2.75, 3.05) is 33.2 Å². The van der Waals surface area contributed by atoms with Gasteiger partial charge in [0.1, 0.15) is 0 Å². The second-order valence-corrected chi connectivity index (χ2v) is 5.45. The Kier molecular flexibility index (Phi) is 4.01. The minimum Gasteiger partial charge on any atom is -0.337 e. The Morgan fingerprint density at radius 1 is 1.10 bits per heavy atom. The first-order chi connectivity index (χ1) is 10.2. The average molecular weight is 284 g/mol. The molecule has 1 aliphatic heterocycles. The Morgan fingerprint density at radius 3 is 2.62 bits per heavy atom. The second-order valence-electron chi connectivity index (χ2n) is 5.45. The highest BCUT2D eigenvalue weighted by Gasteiger charge is 2.18. The number of carbonyl (C=O) groups excluding carboxylic acids is 1. The lowest BCUT2D eigenvalue weighted by Crippen LogP contribution is -2.34. The third kappa shape index (κ3) is 3.13. The van der Waals surface area contributed by atoms with E-state index in [1.807, 2.05) is 41.4 Å². The quantitative estimate of drug-likeness (QED) is 0.842. The van der Waals surface area contributed by atoms with E-state index in [2.05, 4.69) is 17.0 Å². The number of benzene rings is 1. The van der Waals surface area contributed by atoms with E-state index < -0.39 is 0 Å². The van der Waals surface area contributed by atoms with Gasteiger partial charge in [-0.15, -0.1) is 0 Å². The summed E-state index contributed by atoms with van der Waals surface area (Å²) in [5.41, 5.74) is 1.71. The van der Waals surface area contributed by atoms with E-state index in [-0.39, 0.29) is 5.91 Å². The molecule has 1 fully saturated rings. The fourth-order valence-electron chi connectivity index (χ4n) is 2.61. The molecule has 0 radical (unpaired) electrons. The lowest BCUT2D eigenvalue weighted by Gasteiger charge is -2.20. The molecule has 2 aromatic rings. The highest BCUT2D eigenvalue weighted by molar-refractivity contribution is 5.94. The van der Waals surface area contributed by atoms with Crippen LogP contribution in [-0.2, 0) is 0 Å². The molecule has 1 saturated heterocycles. The van der Waals surface area contributed by atoms with E-state index in [1.54, 1.807) is 10.9 Å². The van der Waals surface area contributed by atoms with Gasteiger partial charge in [-0.2, -0.15) is 5.10 Å². The molecule has 0 saturated carbocycles. The zero-order valence-corrected chi connectivity index (χ0v) is 12.3. The molecule has 1 aliphatic rings. The van der Waals surface area contributed by atoms with Crippen molar-refractivity contribution < 1.29 is 4.79 Å². The fourth-order valence-corrected chi connectivity index (χ4v) is 2.61. The molecule has 0 bridgehead atoms. The van der Waals surface area contributed by atoms with E-state index in [4.69, 9.17) is 0 Å². The van der Waals surface area contributed by atoms with Crippen LogP contribution in [0.25, 0.3) is 5.69 Å². The standard InChI is InChI=1S/C16H20N4O/c1-18-9-3-10-19(13-12-18)16(21)14-4-6-15(7-5-14)20-11-2-8-17-20/h2,4-8,11H,3,9-10,12-13H2,1H3. The van der Waals surface area contributed by atoms with Crippen LogP contribution in [-0.4, -0.2) is 58.7 Å². The summed E-state index contributed by atoms with van der Waals surface area (Å²) in [4.78, 5) is 16.8. The number of nitrogens with zero attached hydrogens (tertiary/aromatic N) is 4. The minimum absolute atomic E-state index is 0.123. The van der Waals surface area contributed by atoms with Crippen molar-refractivity contribution in [1.82, 2.24) is 19.6 Å². The highest BCUT2D eigenvalue weighted by atomic mass is 16.2. The van der Waals surface area contributed by atoms with Crippen molar-refractivity contribution in [3.63, 3.8) is 0 Å². The van der Waals surface area contributed by atoms with Crippen LogP contribution in [0.15, 0.2) is 42.7 Å². The molecule has 1 aromatic carbocycles. The van der Waals surface area contributed by atoms with Gasteiger partial charge < -0.3 is 9.80 Å². The monoisotopic (exact) mass is 284 g/mol. The Bertz CT molecular complexity index is 591. The Hall–Kier alpha value is -2.14. The molecule has 1 amide bonds. The van der Waals surface area contributed by atoms with Crippen LogP contribution in [0.4, 0.5) is 0 Å². The van der Waals surface area contributed by atoms with Crippen molar-refractivity contribution in [1.29, 1.82) is 0 Å². The number of rotatable bonds is 2. The van der Waals surface area contributed by atoms with Gasteiger partial charge >= 0.3 is 0 Å². The molecule has 110 valence electrons. The Balaban J connectivity index is 1.73. The molecule has 0 aliphatic carbocycles. The summed E-state index contributed by atoms with van der Waals surface area (Å²) in [7, 11) is 2.10. The number of hydrogen-bond acceptors (Lipinski definition) is 3. The maximum atomic E-state index is 12.5. The zero-order valence-electron chi connectivity index (χ0n) is 12.3. The zero-order chi connectivity index (χ0) is 14.7. The summed E-state index contributed by atoms with van der Waals surface area (Å²) in [6.07, 6.45) is 4.67. The number of aromatic nitrogens is 2. The van der Waals surface area contributed by atoms with Gasteiger partial charge in [-0.3, -0.25) is 4.79 Å². The summed E-state index contributed by atoms with van der Waals surface area (Å²) in [5, 5.41) is 4.19. The molecule has 21 heavy (non-hydrogen) atoms. The topological polar surface area (TPSA) is 41.4 Å². The maximum absolute atomic E-state index is 12.5. The van der Waals surface area contributed by atoms with E-state index >= 15 is 0 Å². The molecule has 3 rings (SSSR count). The van der Waals surface area contributed by atoms with Crippen molar-refractivity contribution in [3.05, 3.63) is 48.3 Å². The van der Waals surface area contributed by atoms with E-state index in [9.17, 15) is 4.79 Å². The van der Waals surface area contributed by atoms with Crippen LogP contribution in [0, 0.1) is 0 Å². The van der Waals surface area contributed by atoms with Crippen molar-refractivity contribution in [2.45, 2.75) is 6.42 Å². The normalized spacial score (nSPS) is 16.7. The summed E-state index contributed by atoms with van der Waals surface area (Å²) < 4.78 is 1.79. The molecule has 5 nitrogen and oxygen atoms in total. The predicted molar refractivity (Wildman–Crippen MR) is 81.6 cm³/mol. The maximum Gasteiger partial charge on any atom is 0.253 e. The largest absolute Gasteiger partial charge is 0.337 e. The second kappa shape index (κ2) is 6.10. The number of likely N-dealkylation sites (N-methyl/N-ethyl adjacent to an activating group) is 1. The van der Waals surface area contributed by atoms with Gasteiger partial charge in [-0.1, -0.05) is 0 Å². The minimum atomic E-state index is 0.123. The lowest BCUT2D eigenvalue weighted by atomic mass is 10.1. The first-order valence-electron chi connectivity index (χ1n) is 7.32. The average Bonchev–Trinajstić information content (AvgIpc) is 2.96. The van der Waals surface area contributed by atoms with Crippen molar-refractivity contribution in [3.8, 4) is 5.69 Å². The van der Waals surface area contributed by atoms with Crippen LogP contribution in [0.2, 0.25) is 0 Å². The van der Waals surface area contributed by atoms with Gasteiger partial charge in [-0.25, -0.2) is 4.68 Å². The molecule has 5 heteroatoms. The van der Waals surface area contributed by atoms with Gasteiger partial charge in [0.05, 0.1) is 5.69 Å². The Labute approximate surface area is 124 Å². The summed E-state index contributed by atoms with van der Waals surface area (Å²) >= 11 is 0. The SMILES string of the molecule is CN1CCCN(C(=O)c2ccc(-n3cccn3)cc2)CC1. The number of hydrogen-bond donors (Lipinski definition) is 0.